The van der Waals surface area contributed by atoms with Crippen molar-refractivity contribution in [2.75, 3.05) is 13.6 Å². The summed E-state index contributed by atoms with van der Waals surface area (Å²) in [6.07, 6.45) is 14.7. The Hall–Kier alpha value is -2.67. The molecule has 8 bridgehead atoms. The first-order valence-corrected chi connectivity index (χ1v) is 10.4. The van der Waals surface area contributed by atoms with E-state index in [1.807, 2.05) is 30.4 Å². The number of aromatic nitrogens is 4. The summed E-state index contributed by atoms with van der Waals surface area (Å²) in [4.78, 5) is 18.7. The van der Waals surface area contributed by atoms with Crippen molar-refractivity contribution in [3.8, 4) is 0 Å². The standard InChI is InChI=1S/C26H21N5.5ClH/c1-31-10-8-17(9-11-31)25-15-24-14-22-5-4-20(28-22)12-18-2-3-19(27-18)13-21-6-7-23(29-21)16-26(25)30-24;;;;;/h2-10,12-16,28,30H,11H2,1H3;5*1H. The van der Waals surface area contributed by atoms with Gasteiger partial charge in [-0.1, -0.05) is 6.08 Å². The lowest BCUT2D eigenvalue weighted by Crippen LogP contribution is -2.13. The average molecular weight is 586 g/mol. The van der Waals surface area contributed by atoms with Gasteiger partial charge in [0.2, 0.25) is 0 Å². The molecule has 6 heterocycles. The summed E-state index contributed by atoms with van der Waals surface area (Å²) >= 11 is 0. The second-order valence-electron chi connectivity index (χ2n) is 8.00. The normalized spacial score (nSPS) is 12.8. The van der Waals surface area contributed by atoms with Gasteiger partial charge in [-0.2, -0.15) is 0 Å². The molecule has 0 fully saturated rings. The molecule has 2 N–H and O–H groups in total. The Labute approximate surface area is 240 Å². The lowest BCUT2D eigenvalue weighted by atomic mass is 10.0. The van der Waals surface area contributed by atoms with E-state index < -0.39 is 0 Å². The molecule has 0 aliphatic carbocycles. The van der Waals surface area contributed by atoms with Gasteiger partial charge < -0.3 is 14.9 Å². The van der Waals surface area contributed by atoms with Gasteiger partial charge in [-0.25, -0.2) is 9.97 Å². The second kappa shape index (κ2) is 13.0. The number of nitrogens with one attached hydrogen (secondary N) is 2. The third-order valence-electron chi connectivity index (χ3n) is 5.59. The number of halogens is 5. The molecule has 10 heteroatoms. The highest BCUT2D eigenvalue weighted by molar-refractivity contribution is 5.89. The van der Waals surface area contributed by atoms with E-state index in [1.54, 1.807) is 0 Å². The zero-order valence-electron chi connectivity index (χ0n) is 19.2. The Bertz CT molecular complexity index is 1500. The largest absolute Gasteiger partial charge is 0.377 e. The molecule has 0 aromatic carbocycles. The predicted octanol–water partition coefficient (Wildman–Crippen LogP) is 7.61. The number of nitrogens with zero attached hydrogens (tertiary/aromatic N) is 3. The fraction of sp³-hybridized carbons (Fsp3) is 0.0769. The van der Waals surface area contributed by atoms with Crippen LogP contribution >= 0.6 is 62.0 Å². The predicted molar refractivity (Wildman–Crippen MR) is 165 cm³/mol. The van der Waals surface area contributed by atoms with E-state index in [0.29, 0.717) is 0 Å². The number of aromatic amines is 2. The molecule has 3 aliphatic heterocycles. The molecule has 0 atom stereocenters. The lowest BCUT2D eigenvalue weighted by molar-refractivity contribution is 0.506. The van der Waals surface area contributed by atoms with E-state index in [0.717, 1.165) is 51.4 Å². The maximum absolute atomic E-state index is 4.77. The van der Waals surface area contributed by atoms with Gasteiger partial charge in [0.1, 0.15) is 0 Å². The highest BCUT2D eigenvalue weighted by Gasteiger charge is 2.09. The molecule has 36 heavy (non-hydrogen) atoms. The zero-order chi connectivity index (χ0) is 20.8. The summed E-state index contributed by atoms with van der Waals surface area (Å²) in [6, 6.07) is 14.7. The van der Waals surface area contributed by atoms with Crippen molar-refractivity contribution < 1.29 is 0 Å². The lowest BCUT2D eigenvalue weighted by Gasteiger charge is -2.16. The maximum Gasteiger partial charge on any atom is 0.0659 e. The van der Waals surface area contributed by atoms with E-state index >= 15 is 0 Å². The molecular weight excluding hydrogens is 560 g/mol. The minimum Gasteiger partial charge on any atom is -0.377 e. The summed E-state index contributed by atoms with van der Waals surface area (Å²) in [5.74, 6) is 0. The number of H-pyrrole nitrogens is 2. The number of fused-ring (bicyclic) bond motifs is 8. The number of allylic oxidation sites excluding steroid dienone is 2. The molecule has 0 radical (unpaired) electrons. The van der Waals surface area contributed by atoms with Crippen LogP contribution in [0.15, 0.2) is 60.8 Å². The van der Waals surface area contributed by atoms with Crippen LogP contribution in [0, 0.1) is 0 Å². The molecule has 3 aromatic rings. The minimum absolute atomic E-state index is 0. The van der Waals surface area contributed by atoms with Crippen molar-refractivity contribution in [1.82, 2.24) is 24.8 Å². The summed E-state index contributed by atoms with van der Waals surface area (Å²) in [6.45, 7) is 0.896. The van der Waals surface area contributed by atoms with Crippen LogP contribution in [-0.2, 0) is 0 Å². The first-order valence-electron chi connectivity index (χ1n) is 10.4. The molecule has 0 spiro atoms. The summed E-state index contributed by atoms with van der Waals surface area (Å²) in [5, 5.41) is 0. The van der Waals surface area contributed by atoms with Crippen LogP contribution < -0.4 is 0 Å². The van der Waals surface area contributed by atoms with Crippen molar-refractivity contribution in [3.05, 3.63) is 89.2 Å². The van der Waals surface area contributed by atoms with Gasteiger partial charge in [0.15, 0.2) is 0 Å². The quantitative estimate of drug-likeness (QED) is 0.213. The van der Waals surface area contributed by atoms with Crippen molar-refractivity contribution in [1.29, 1.82) is 0 Å². The Balaban J connectivity index is 0.00000130. The molecule has 0 saturated carbocycles. The third kappa shape index (κ3) is 6.55. The fourth-order valence-electron chi connectivity index (χ4n) is 4.04. The van der Waals surface area contributed by atoms with Crippen molar-refractivity contribution in [3.63, 3.8) is 0 Å². The molecule has 3 aliphatic rings. The Morgan fingerprint density at radius 1 is 0.639 bits per heavy atom. The van der Waals surface area contributed by atoms with Gasteiger partial charge in [-0.3, -0.25) is 0 Å². The summed E-state index contributed by atoms with van der Waals surface area (Å²) in [7, 11) is 2.08. The van der Waals surface area contributed by atoms with Crippen LogP contribution in [0.4, 0.5) is 0 Å². The van der Waals surface area contributed by atoms with E-state index in [-0.39, 0.29) is 62.0 Å². The van der Waals surface area contributed by atoms with Crippen molar-refractivity contribution >= 4 is 114 Å². The van der Waals surface area contributed by atoms with Gasteiger partial charge in [0, 0.05) is 41.2 Å². The molecule has 190 valence electrons. The van der Waals surface area contributed by atoms with E-state index in [9.17, 15) is 0 Å². The van der Waals surface area contributed by atoms with Crippen molar-refractivity contribution in [2.24, 2.45) is 0 Å². The van der Waals surface area contributed by atoms with E-state index in [1.165, 1.54) is 11.1 Å². The van der Waals surface area contributed by atoms with Crippen LogP contribution in [-0.4, -0.2) is 38.4 Å². The second-order valence-corrected chi connectivity index (χ2v) is 8.00. The topological polar surface area (TPSA) is 60.6 Å². The maximum atomic E-state index is 4.77. The number of hydrogen-bond acceptors (Lipinski definition) is 3. The molecule has 0 unspecified atom stereocenters. The molecule has 3 aromatic heterocycles. The van der Waals surface area contributed by atoms with Crippen molar-refractivity contribution in [2.45, 2.75) is 0 Å². The van der Waals surface area contributed by atoms with Crippen LogP contribution in [0.3, 0.4) is 0 Å². The molecule has 5 nitrogen and oxygen atoms in total. The SMILES string of the molecule is CN1C=CC(c2cc3cc4ccc(cc5nc(cc6nc(cc2[nH]3)C=C6)C=C5)[nH]4)=CC1.Cl.Cl.Cl.Cl.Cl. The average Bonchev–Trinajstić information content (AvgIpc) is 3.54. The first-order chi connectivity index (χ1) is 15.2. The first kappa shape index (κ1) is 31.4. The molecular formula is C26H26Cl5N5. The van der Waals surface area contributed by atoms with Gasteiger partial charge in [0.05, 0.1) is 22.8 Å². The van der Waals surface area contributed by atoms with Gasteiger partial charge in [-0.15, -0.1) is 62.0 Å². The minimum atomic E-state index is 0. The van der Waals surface area contributed by atoms with E-state index in [4.69, 9.17) is 4.98 Å². The van der Waals surface area contributed by atoms with Gasteiger partial charge >= 0.3 is 0 Å². The van der Waals surface area contributed by atoms with Crippen LogP contribution in [0.1, 0.15) is 28.3 Å². The van der Waals surface area contributed by atoms with Crippen LogP contribution in [0.25, 0.3) is 51.9 Å². The van der Waals surface area contributed by atoms with Gasteiger partial charge in [-0.05, 0) is 84.6 Å². The smallest absolute Gasteiger partial charge is 0.0659 e. The molecule has 0 saturated heterocycles. The Kier molecular flexibility index (Phi) is 11.4. The zero-order valence-corrected chi connectivity index (χ0v) is 23.3. The highest BCUT2D eigenvalue weighted by atomic mass is 35.5. The highest BCUT2D eigenvalue weighted by Crippen LogP contribution is 2.26. The Morgan fingerprint density at radius 3 is 1.83 bits per heavy atom. The summed E-state index contributed by atoms with van der Waals surface area (Å²) in [5.41, 5.74) is 10.2. The van der Waals surface area contributed by atoms with Crippen LogP contribution in [0.5, 0.6) is 0 Å². The molecule has 0 amide bonds. The van der Waals surface area contributed by atoms with Crippen LogP contribution in [0.2, 0.25) is 0 Å². The van der Waals surface area contributed by atoms with E-state index in [2.05, 4.69) is 81.6 Å². The monoisotopic (exact) mass is 583 g/mol. The third-order valence-corrected chi connectivity index (χ3v) is 5.59. The van der Waals surface area contributed by atoms with Gasteiger partial charge in [0.25, 0.3) is 0 Å². The molecule has 6 rings (SSSR count). The fourth-order valence-corrected chi connectivity index (χ4v) is 4.04. The summed E-state index contributed by atoms with van der Waals surface area (Å²) < 4.78 is 0. The number of hydrogen-bond donors (Lipinski definition) is 2. The number of rotatable bonds is 1. The number of likely N-dealkylation sites (N-methyl/N-ethyl adjacent to an activating group) is 1. The Morgan fingerprint density at radius 2 is 1.22 bits per heavy atom.